The van der Waals surface area contributed by atoms with E-state index in [4.69, 9.17) is 10.8 Å². The number of imidazole rings is 1. The van der Waals surface area contributed by atoms with Crippen LogP contribution in [0.4, 0.5) is 5.82 Å². The third-order valence-corrected chi connectivity index (χ3v) is 2.96. The van der Waals surface area contributed by atoms with E-state index in [1.54, 1.807) is 29.1 Å². The number of anilines is 1. The zero-order chi connectivity index (χ0) is 14.1. The minimum absolute atomic E-state index is 0.251. The van der Waals surface area contributed by atoms with Crippen molar-refractivity contribution >= 4 is 23.0 Å². The molecule has 0 amide bonds. The second-order valence-electron chi connectivity index (χ2n) is 4.31. The Bertz CT molecular complexity index is 796. The van der Waals surface area contributed by atoms with Crippen molar-refractivity contribution in [2.24, 2.45) is 0 Å². The minimum atomic E-state index is -0.950. The van der Waals surface area contributed by atoms with Gasteiger partial charge in [0.2, 0.25) is 0 Å². The highest BCUT2D eigenvalue weighted by Gasteiger charge is 2.09. The third-order valence-electron chi connectivity index (χ3n) is 2.96. The number of carbonyl (C=O) groups is 1. The maximum absolute atomic E-state index is 11.0. The number of rotatable bonds is 3. The number of hydrogen-bond acceptors (Lipinski definition) is 5. The number of nitrogens with zero attached hydrogens (tertiary/aromatic N) is 4. The number of carboxylic acids is 1. The van der Waals surface area contributed by atoms with Crippen LogP contribution in [0.3, 0.4) is 0 Å². The maximum atomic E-state index is 11.0. The monoisotopic (exact) mass is 269 g/mol. The van der Waals surface area contributed by atoms with E-state index in [9.17, 15) is 4.79 Å². The lowest BCUT2D eigenvalue weighted by Crippen LogP contribution is -2.02. The van der Waals surface area contributed by atoms with Gasteiger partial charge in [-0.3, -0.25) is 0 Å². The first-order valence-corrected chi connectivity index (χ1v) is 5.88. The van der Waals surface area contributed by atoms with Gasteiger partial charge in [-0.25, -0.2) is 19.7 Å². The minimum Gasteiger partial charge on any atom is -0.478 e. The largest absolute Gasteiger partial charge is 0.478 e. The summed E-state index contributed by atoms with van der Waals surface area (Å²) in [5.74, 6) is -0.623. The average molecular weight is 269 g/mol. The third kappa shape index (κ3) is 2.05. The number of nitrogens with two attached hydrogens (primary N) is 1. The van der Waals surface area contributed by atoms with E-state index in [0.717, 1.165) is 5.56 Å². The fourth-order valence-electron chi connectivity index (χ4n) is 2.01. The number of aromatic nitrogens is 4. The lowest BCUT2D eigenvalue weighted by molar-refractivity contribution is 0.0696. The van der Waals surface area contributed by atoms with Crippen molar-refractivity contribution in [3.63, 3.8) is 0 Å². The summed E-state index contributed by atoms with van der Waals surface area (Å²) in [6.45, 7) is 0.466. The van der Waals surface area contributed by atoms with E-state index in [-0.39, 0.29) is 5.56 Å². The van der Waals surface area contributed by atoms with Crippen LogP contribution in [0.15, 0.2) is 36.9 Å². The van der Waals surface area contributed by atoms with Gasteiger partial charge in [-0.15, -0.1) is 0 Å². The highest BCUT2D eigenvalue weighted by molar-refractivity contribution is 5.87. The predicted molar refractivity (Wildman–Crippen MR) is 72.2 cm³/mol. The van der Waals surface area contributed by atoms with Crippen LogP contribution in [0.1, 0.15) is 15.9 Å². The number of nitrogen functional groups attached to an aromatic ring is 1. The van der Waals surface area contributed by atoms with Gasteiger partial charge in [0.05, 0.1) is 18.4 Å². The first-order chi connectivity index (χ1) is 9.65. The molecule has 7 heteroatoms. The molecule has 3 rings (SSSR count). The summed E-state index contributed by atoms with van der Waals surface area (Å²) in [5.41, 5.74) is 7.99. The highest BCUT2D eigenvalue weighted by atomic mass is 16.4. The Morgan fingerprint density at radius 1 is 1.30 bits per heavy atom. The molecule has 2 aromatic heterocycles. The molecule has 1 aromatic carbocycles. The fourth-order valence-corrected chi connectivity index (χ4v) is 2.01. The smallest absolute Gasteiger partial charge is 0.335 e. The van der Waals surface area contributed by atoms with Crippen LogP contribution in [-0.4, -0.2) is 30.6 Å². The Labute approximate surface area is 113 Å². The summed E-state index contributed by atoms with van der Waals surface area (Å²) in [6.07, 6.45) is 2.99. The first-order valence-electron chi connectivity index (χ1n) is 5.88. The van der Waals surface area contributed by atoms with Crippen LogP contribution in [0, 0.1) is 0 Å². The first kappa shape index (κ1) is 12.1. The van der Waals surface area contributed by atoms with E-state index in [1.807, 2.05) is 6.07 Å². The van der Waals surface area contributed by atoms with Gasteiger partial charge < -0.3 is 15.4 Å². The highest BCUT2D eigenvalue weighted by Crippen LogP contribution is 2.16. The van der Waals surface area contributed by atoms with Crippen LogP contribution in [0.2, 0.25) is 0 Å². The molecule has 3 N–H and O–H groups in total. The second kappa shape index (κ2) is 4.61. The summed E-state index contributed by atoms with van der Waals surface area (Å²) in [7, 11) is 0. The van der Waals surface area contributed by atoms with E-state index in [1.165, 1.54) is 6.33 Å². The van der Waals surface area contributed by atoms with Crippen molar-refractivity contribution in [2.75, 3.05) is 5.73 Å². The molecule has 0 spiro atoms. The molecule has 0 radical (unpaired) electrons. The fraction of sp³-hybridized carbons (Fsp3) is 0.0769. The van der Waals surface area contributed by atoms with Crippen LogP contribution in [-0.2, 0) is 6.54 Å². The summed E-state index contributed by atoms with van der Waals surface area (Å²) in [4.78, 5) is 23.2. The molecule has 0 atom stereocenters. The van der Waals surface area contributed by atoms with Crippen molar-refractivity contribution < 1.29 is 9.90 Å². The zero-order valence-corrected chi connectivity index (χ0v) is 10.4. The van der Waals surface area contributed by atoms with Crippen molar-refractivity contribution in [1.82, 2.24) is 19.5 Å². The topological polar surface area (TPSA) is 107 Å². The van der Waals surface area contributed by atoms with Crippen molar-refractivity contribution in [2.45, 2.75) is 6.54 Å². The van der Waals surface area contributed by atoms with Crippen molar-refractivity contribution in [3.05, 3.63) is 48.0 Å². The SMILES string of the molecule is Nc1ncnc2c1ncn2Cc1cccc(C(=O)O)c1. The average Bonchev–Trinajstić information content (AvgIpc) is 2.84. The second-order valence-corrected chi connectivity index (χ2v) is 4.31. The molecule has 0 saturated heterocycles. The van der Waals surface area contributed by atoms with E-state index >= 15 is 0 Å². The molecule has 0 aliphatic rings. The summed E-state index contributed by atoms with van der Waals surface area (Å²) < 4.78 is 1.80. The summed E-state index contributed by atoms with van der Waals surface area (Å²) >= 11 is 0. The lowest BCUT2D eigenvalue weighted by Gasteiger charge is -2.05. The van der Waals surface area contributed by atoms with Gasteiger partial charge in [-0.1, -0.05) is 12.1 Å². The van der Waals surface area contributed by atoms with Crippen LogP contribution in [0.25, 0.3) is 11.2 Å². The van der Waals surface area contributed by atoms with Gasteiger partial charge in [0, 0.05) is 0 Å². The summed E-state index contributed by atoms with van der Waals surface area (Å²) in [5, 5.41) is 8.99. The summed E-state index contributed by atoms with van der Waals surface area (Å²) in [6, 6.07) is 6.74. The van der Waals surface area contributed by atoms with Crippen LogP contribution < -0.4 is 5.73 Å². The van der Waals surface area contributed by atoms with Gasteiger partial charge in [0.15, 0.2) is 11.5 Å². The molecule has 0 fully saturated rings. The Morgan fingerprint density at radius 2 is 2.15 bits per heavy atom. The normalized spacial score (nSPS) is 10.8. The van der Waals surface area contributed by atoms with Crippen molar-refractivity contribution in [3.8, 4) is 0 Å². The van der Waals surface area contributed by atoms with Crippen LogP contribution in [0.5, 0.6) is 0 Å². The van der Waals surface area contributed by atoms with Gasteiger partial charge in [-0.2, -0.15) is 0 Å². The maximum Gasteiger partial charge on any atom is 0.335 e. The molecule has 0 bridgehead atoms. The molecule has 0 aliphatic carbocycles. The quantitative estimate of drug-likeness (QED) is 0.738. The van der Waals surface area contributed by atoms with Gasteiger partial charge in [0.25, 0.3) is 0 Å². The van der Waals surface area contributed by atoms with Gasteiger partial charge >= 0.3 is 5.97 Å². The number of hydrogen-bond donors (Lipinski definition) is 2. The number of aromatic carboxylic acids is 1. The van der Waals surface area contributed by atoms with E-state index in [0.29, 0.717) is 23.5 Å². The number of benzene rings is 1. The van der Waals surface area contributed by atoms with Crippen molar-refractivity contribution in [1.29, 1.82) is 0 Å². The van der Waals surface area contributed by atoms with Gasteiger partial charge in [0.1, 0.15) is 11.8 Å². The zero-order valence-electron chi connectivity index (χ0n) is 10.4. The molecule has 3 aromatic rings. The predicted octanol–water partition coefficient (Wildman–Crippen LogP) is 1.16. The molecule has 100 valence electrons. The standard InChI is InChI=1S/C13H11N5O2/c14-11-10-12(16-6-15-11)18(7-17-10)5-8-2-1-3-9(4-8)13(19)20/h1-4,6-7H,5H2,(H,19,20)(H2,14,15,16). The molecule has 2 heterocycles. The molecule has 0 unspecified atom stereocenters. The number of fused-ring (bicyclic) bond motifs is 1. The van der Waals surface area contributed by atoms with Crippen LogP contribution >= 0.6 is 0 Å². The Balaban J connectivity index is 1.99. The number of carboxylic acid groups (broad SMARTS) is 1. The molecule has 0 aliphatic heterocycles. The molecular weight excluding hydrogens is 258 g/mol. The molecule has 0 saturated carbocycles. The van der Waals surface area contributed by atoms with E-state index in [2.05, 4.69) is 15.0 Å². The Hall–Kier alpha value is -2.96. The molecule has 20 heavy (non-hydrogen) atoms. The van der Waals surface area contributed by atoms with E-state index < -0.39 is 5.97 Å². The Morgan fingerprint density at radius 3 is 2.95 bits per heavy atom. The molecule has 7 nitrogen and oxygen atoms in total. The Kier molecular flexibility index (Phi) is 2.79. The van der Waals surface area contributed by atoms with Gasteiger partial charge in [-0.05, 0) is 17.7 Å². The lowest BCUT2D eigenvalue weighted by atomic mass is 10.1. The molecular formula is C13H11N5O2.